The second kappa shape index (κ2) is 5.33. The standard InChI is InChI=1S/C9H17NO/c1-2-8-11-9-4-3-6-10-7-5-9/h2,9-10H,1,3-8H2. The number of hydrogen-bond acceptors (Lipinski definition) is 2. The summed E-state index contributed by atoms with van der Waals surface area (Å²) in [7, 11) is 0. The molecule has 1 rings (SSSR count). The predicted octanol–water partition coefficient (Wildman–Crippen LogP) is 1.33. The van der Waals surface area contributed by atoms with E-state index < -0.39 is 0 Å². The minimum Gasteiger partial charge on any atom is -0.374 e. The van der Waals surface area contributed by atoms with E-state index in [0.717, 1.165) is 19.5 Å². The molecule has 1 N–H and O–H groups in total. The summed E-state index contributed by atoms with van der Waals surface area (Å²) in [4.78, 5) is 0. The third-order valence-electron chi connectivity index (χ3n) is 1.97. The van der Waals surface area contributed by atoms with Gasteiger partial charge in [0.1, 0.15) is 0 Å². The summed E-state index contributed by atoms with van der Waals surface area (Å²) in [5.74, 6) is 0. The molecule has 11 heavy (non-hydrogen) atoms. The predicted molar refractivity (Wildman–Crippen MR) is 46.7 cm³/mol. The normalized spacial score (nSPS) is 26.0. The van der Waals surface area contributed by atoms with Crippen LogP contribution in [0, 0.1) is 0 Å². The summed E-state index contributed by atoms with van der Waals surface area (Å²) in [6.07, 6.45) is 5.86. The third-order valence-corrected chi connectivity index (χ3v) is 1.97. The van der Waals surface area contributed by atoms with E-state index in [-0.39, 0.29) is 0 Å². The van der Waals surface area contributed by atoms with Crippen molar-refractivity contribution in [2.75, 3.05) is 19.7 Å². The lowest BCUT2D eigenvalue weighted by Gasteiger charge is -2.12. The number of nitrogens with one attached hydrogen (secondary N) is 1. The Hall–Kier alpha value is -0.340. The van der Waals surface area contributed by atoms with Crippen molar-refractivity contribution < 1.29 is 4.74 Å². The summed E-state index contributed by atoms with van der Waals surface area (Å²) < 4.78 is 5.55. The molecule has 0 radical (unpaired) electrons. The monoisotopic (exact) mass is 155 g/mol. The Labute approximate surface area is 68.6 Å². The lowest BCUT2D eigenvalue weighted by atomic mass is 10.2. The van der Waals surface area contributed by atoms with Gasteiger partial charge in [-0.05, 0) is 32.4 Å². The molecule has 1 aliphatic heterocycles. The molecular weight excluding hydrogens is 138 g/mol. The minimum atomic E-state index is 0.461. The highest BCUT2D eigenvalue weighted by Gasteiger charge is 2.10. The molecule has 1 atom stereocenters. The first-order chi connectivity index (χ1) is 5.43. The van der Waals surface area contributed by atoms with Crippen LogP contribution in [0.15, 0.2) is 12.7 Å². The maximum atomic E-state index is 5.55. The second-order valence-corrected chi connectivity index (χ2v) is 2.92. The quantitative estimate of drug-likeness (QED) is 0.621. The fraction of sp³-hybridized carbons (Fsp3) is 0.778. The van der Waals surface area contributed by atoms with Gasteiger partial charge in [0.15, 0.2) is 0 Å². The fourth-order valence-corrected chi connectivity index (χ4v) is 1.36. The average Bonchev–Trinajstić information content (AvgIpc) is 2.28. The highest BCUT2D eigenvalue weighted by molar-refractivity contribution is 4.70. The van der Waals surface area contributed by atoms with Gasteiger partial charge in [-0.25, -0.2) is 0 Å². The first-order valence-electron chi connectivity index (χ1n) is 4.36. The zero-order chi connectivity index (χ0) is 7.94. The van der Waals surface area contributed by atoms with E-state index >= 15 is 0 Å². The molecule has 0 aromatic carbocycles. The molecular formula is C9H17NO. The van der Waals surface area contributed by atoms with Gasteiger partial charge < -0.3 is 10.1 Å². The zero-order valence-electron chi connectivity index (χ0n) is 7.01. The van der Waals surface area contributed by atoms with Crippen molar-refractivity contribution in [2.24, 2.45) is 0 Å². The molecule has 2 heteroatoms. The van der Waals surface area contributed by atoms with E-state index in [4.69, 9.17) is 4.74 Å². The van der Waals surface area contributed by atoms with Crippen LogP contribution >= 0.6 is 0 Å². The molecule has 0 amide bonds. The van der Waals surface area contributed by atoms with E-state index in [9.17, 15) is 0 Å². The van der Waals surface area contributed by atoms with Crippen LogP contribution < -0.4 is 5.32 Å². The molecule has 0 aromatic heterocycles. The Balaban J connectivity index is 2.14. The van der Waals surface area contributed by atoms with Gasteiger partial charge in [0.2, 0.25) is 0 Å². The molecule has 2 nitrogen and oxygen atoms in total. The topological polar surface area (TPSA) is 21.3 Å². The van der Waals surface area contributed by atoms with Crippen molar-refractivity contribution in [3.8, 4) is 0 Å². The van der Waals surface area contributed by atoms with Gasteiger partial charge in [-0.3, -0.25) is 0 Å². The Morgan fingerprint density at radius 1 is 1.45 bits per heavy atom. The number of hydrogen-bond donors (Lipinski definition) is 1. The van der Waals surface area contributed by atoms with Gasteiger partial charge in [-0.15, -0.1) is 6.58 Å². The van der Waals surface area contributed by atoms with Gasteiger partial charge in [0, 0.05) is 0 Å². The van der Waals surface area contributed by atoms with Crippen LogP contribution in [-0.4, -0.2) is 25.8 Å². The van der Waals surface area contributed by atoms with Gasteiger partial charge in [0.25, 0.3) is 0 Å². The SMILES string of the molecule is C=CCOC1CCCNCC1. The second-order valence-electron chi connectivity index (χ2n) is 2.92. The molecule has 0 bridgehead atoms. The first-order valence-corrected chi connectivity index (χ1v) is 4.36. The Bertz CT molecular complexity index is 106. The van der Waals surface area contributed by atoms with Gasteiger partial charge in [0.05, 0.1) is 12.7 Å². The van der Waals surface area contributed by atoms with Crippen molar-refractivity contribution in [1.82, 2.24) is 5.32 Å². The van der Waals surface area contributed by atoms with Gasteiger partial charge >= 0.3 is 0 Å². The Morgan fingerprint density at radius 3 is 3.18 bits per heavy atom. The number of ether oxygens (including phenoxy) is 1. The Morgan fingerprint density at radius 2 is 2.36 bits per heavy atom. The van der Waals surface area contributed by atoms with Crippen molar-refractivity contribution in [3.05, 3.63) is 12.7 Å². The summed E-state index contributed by atoms with van der Waals surface area (Å²) >= 11 is 0. The maximum Gasteiger partial charge on any atom is 0.0648 e. The average molecular weight is 155 g/mol. The lowest BCUT2D eigenvalue weighted by molar-refractivity contribution is 0.0657. The summed E-state index contributed by atoms with van der Waals surface area (Å²) in [6.45, 7) is 6.57. The van der Waals surface area contributed by atoms with Crippen LogP contribution in [-0.2, 0) is 4.74 Å². The molecule has 0 aromatic rings. The molecule has 1 fully saturated rings. The van der Waals surface area contributed by atoms with E-state index in [0.29, 0.717) is 12.7 Å². The highest BCUT2D eigenvalue weighted by atomic mass is 16.5. The molecule has 0 saturated carbocycles. The molecule has 1 saturated heterocycles. The van der Waals surface area contributed by atoms with Crippen LogP contribution in [0.4, 0.5) is 0 Å². The minimum absolute atomic E-state index is 0.461. The molecule has 0 spiro atoms. The van der Waals surface area contributed by atoms with Gasteiger partial charge in [-0.2, -0.15) is 0 Å². The van der Waals surface area contributed by atoms with Gasteiger partial charge in [-0.1, -0.05) is 6.08 Å². The van der Waals surface area contributed by atoms with Crippen LogP contribution in [0.25, 0.3) is 0 Å². The van der Waals surface area contributed by atoms with E-state index in [1.165, 1.54) is 12.8 Å². The first kappa shape index (κ1) is 8.75. The van der Waals surface area contributed by atoms with Crippen LogP contribution in [0.5, 0.6) is 0 Å². The van der Waals surface area contributed by atoms with Crippen LogP contribution in [0.1, 0.15) is 19.3 Å². The van der Waals surface area contributed by atoms with Crippen LogP contribution in [0.3, 0.4) is 0 Å². The van der Waals surface area contributed by atoms with E-state index in [1.807, 2.05) is 6.08 Å². The van der Waals surface area contributed by atoms with Crippen molar-refractivity contribution in [1.29, 1.82) is 0 Å². The lowest BCUT2D eigenvalue weighted by Crippen LogP contribution is -2.17. The summed E-state index contributed by atoms with van der Waals surface area (Å²) in [6, 6.07) is 0. The fourth-order valence-electron chi connectivity index (χ4n) is 1.36. The zero-order valence-corrected chi connectivity index (χ0v) is 7.01. The van der Waals surface area contributed by atoms with Crippen LogP contribution in [0.2, 0.25) is 0 Å². The number of rotatable bonds is 3. The van der Waals surface area contributed by atoms with Crippen molar-refractivity contribution in [2.45, 2.75) is 25.4 Å². The van der Waals surface area contributed by atoms with Crippen molar-refractivity contribution >= 4 is 0 Å². The maximum absolute atomic E-state index is 5.55. The highest BCUT2D eigenvalue weighted by Crippen LogP contribution is 2.08. The smallest absolute Gasteiger partial charge is 0.0648 e. The Kier molecular flexibility index (Phi) is 4.24. The molecule has 1 aliphatic rings. The third kappa shape index (κ3) is 3.54. The molecule has 1 heterocycles. The van der Waals surface area contributed by atoms with E-state index in [1.54, 1.807) is 0 Å². The van der Waals surface area contributed by atoms with Crippen molar-refractivity contribution in [3.63, 3.8) is 0 Å². The summed E-state index contributed by atoms with van der Waals surface area (Å²) in [5, 5.41) is 3.35. The largest absolute Gasteiger partial charge is 0.374 e. The molecule has 1 unspecified atom stereocenters. The molecule has 0 aliphatic carbocycles. The molecule has 64 valence electrons. The summed E-state index contributed by atoms with van der Waals surface area (Å²) in [5.41, 5.74) is 0. The van der Waals surface area contributed by atoms with E-state index in [2.05, 4.69) is 11.9 Å².